The van der Waals surface area contributed by atoms with E-state index in [0.717, 1.165) is 6.07 Å². The number of hydrogen-bond acceptors (Lipinski definition) is 7. The summed E-state index contributed by atoms with van der Waals surface area (Å²) >= 11 is 0. The zero-order valence-corrected chi connectivity index (χ0v) is 21.4. The van der Waals surface area contributed by atoms with Gasteiger partial charge in [-0.3, -0.25) is 24.5 Å². The minimum absolute atomic E-state index is 0.0925. The van der Waals surface area contributed by atoms with E-state index in [1.54, 1.807) is 0 Å². The molecule has 2 N–H and O–H groups in total. The van der Waals surface area contributed by atoms with Crippen molar-refractivity contribution >= 4 is 45.0 Å². The molecule has 200 valence electrons. The highest BCUT2D eigenvalue weighted by Gasteiger charge is 2.41. The maximum atomic E-state index is 14.6. The molecule has 38 heavy (non-hydrogen) atoms. The molecule has 0 spiro atoms. The fourth-order valence-corrected chi connectivity index (χ4v) is 6.54. The molecule has 0 radical (unpaired) electrons. The van der Waals surface area contributed by atoms with Crippen molar-refractivity contribution in [1.82, 2.24) is 14.5 Å². The van der Waals surface area contributed by atoms with Crippen molar-refractivity contribution in [2.45, 2.75) is 37.2 Å². The Hall–Kier alpha value is -3.84. The highest BCUT2D eigenvalue weighted by molar-refractivity contribution is 7.89. The number of rotatable bonds is 5. The fraction of sp³-hybridized carbons (Fsp3) is 0.360. The van der Waals surface area contributed by atoms with Crippen LogP contribution >= 0.6 is 0 Å². The summed E-state index contributed by atoms with van der Waals surface area (Å²) in [6.07, 6.45) is 0.314. The largest absolute Gasteiger partial charge is 0.369 e. The molecule has 2 saturated heterocycles. The Labute approximate surface area is 218 Å². The number of nitrogens with zero attached hydrogens (tertiary/aromatic N) is 3. The molecule has 11 nitrogen and oxygen atoms in total. The first-order chi connectivity index (χ1) is 18.0. The minimum atomic E-state index is -3.79. The molecular formula is C25H26FN5O6S. The number of hydrogen-bond donors (Lipinski definition) is 2. The number of sulfonamides is 1. The summed E-state index contributed by atoms with van der Waals surface area (Å²) in [5.41, 5.74) is 1.71. The van der Waals surface area contributed by atoms with E-state index < -0.39 is 39.6 Å². The fourth-order valence-electron chi connectivity index (χ4n) is 5.12. The van der Waals surface area contributed by atoms with Crippen molar-refractivity contribution in [3.63, 3.8) is 0 Å². The van der Waals surface area contributed by atoms with Crippen LogP contribution in [-0.2, 0) is 31.0 Å². The first-order valence-electron chi connectivity index (χ1n) is 12.1. The molecule has 0 bridgehead atoms. The van der Waals surface area contributed by atoms with Crippen molar-refractivity contribution in [1.29, 1.82) is 0 Å². The molecule has 5 rings (SSSR count). The van der Waals surface area contributed by atoms with Gasteiger partial charge in [0.25, 0.3) is 5.91 Å². The maximum absolute atomic E-state index is 14.6. The number of carbonyl (C=O) groups is 4. The molecule has 13 heteroatoms. The number of amides is 4. The zero-order chi connectivity index (χ0) is 27.2. The van der Waals surface area contributed by atoms with Crippen LogP contribution in [0.25, 0.3) is 0 Å². The van der Waals surface area contributed by atoms with Crippen LogP contribution in [0.15, 0.2) is 41.3 Å². The van der Waals surface area contributed by atoms with Crippen molar-refractivity contribution in [2.24, 2.45) is 0 Å². The molecule has 2 aromatic rings. The number of halogens is 1. The lowest BCUT2D eigenvalue weighted by atomic mass is 10.0. The lowest BCUT2D eigenvalue weighted by Crippen LogP contribution is -2.52. The summed E-state index contributed by atoms with van der Waals surface area (Å²) in [7, 11) is -3.79. The summed E-state index contributed by atoms with van der Waals surface area (Å²) in [6, 6.07) is 7.56. The standard InChI is InChI=1S/C25H26FN5O6S/c1-15(32)27-17-2-4-18(5-3-17)38(36,37)30-10-8-29(9-11-30)22-13-16(26)12-19-20(22)14-31(25(19)35)21-6-7-23(33)28-24(21)34/h2-5,12-13,21H,6-11,14H2,1H3,(H,27,32)(H,28,33,34). The maximum Gasteiger partial charge on any atom is 0.255 e. The number of anilines is 2. The minimum Gasteiger partial charge on any atom is -0.369 e. The van der Waals surface area contributed by atoms with E-state index >= 15 is 0 Å². The number of piperidine rings is 1. The molecule has 2 aromatic carbocycles. The quantitative estimate of drug-likeness (QED) is 0.538. The van der Waals surface area contributed by atoms with E-state index in [9.17, 15) is 32.0 Å². The van der Waals surface area contributed by atoms with Gasteiger partial charge >= 0.3 is 0 Å². The van der Waals surface area contributed by atoms with Gasteiger partial charge in [0.15, 0.2) is 0 Å². The smallest absolute Gasteiger partial charge is 0.255 e. The SMILES string of the molecule is CC(=O)Nc1ccc(S(=O)(=O)N2CCN(c3cc(F)cc4c3CN(C3CCC(=O)NC3=O)C4=O)CC2)cc1. The van der Waals surface area contributed by atoms with Gasteiger partial charge in [0, 0.05) is 68.6 Å². The van der Waals surface area contributed by atoms with Gasteiger partial charge < -0.3 is 15.1 Å². The number of fused-ring (bicyclic) bond motifs is 1. The second-order valence-corrected chi connectivity index (χ2v) is 11.4. The predicted octanol–water partition coefficient (Wildman–Crippen LogP) is 1.06. The average Bonchev–Trinajstić information content (AvgIpc) is 3.19. The molecule has 1 unspecified atom stereocenters. The van der Waals surface area contributed by atoms with Gasteiger partial charge in [-0.1, -0.05) is 0 Å². The molecule has 3 aliphatic rings. The third-order valence-electron chi connectivity index (χ3n) is 6.99. The van der Waals surface area contributed by atoms with E-state index in [1.165, 1.54) is 46.5 Å². The van der Waals surface area contributed by atoms with Crippen LogP contribution in [0.2, 0.25) is 0 Å². The van der Waals surface area contributed by atoms with Gasteiger partial charge in [-0.25, -0.2) is 12.8 Å². The molecular weight excluding hydrogens is 517 g/mol. The highest BCUT2D eigenvalue weighted by atomic mass is 32.2. The Morgan fingerprint density at radius 3 is 2.37 bits per heavy atom. The van der Waals surface area contributed by atoms with Gasteiger partial charge in [-0.2, -0.15) is 4.31 Å². The Morgan fingerprint density at radius 1 is 1.05 bits per heavy atom. The predicted molar refractivity (Wildman–Crippen MR) is 134 cm³/mol. The number of piperazine rings is 1. The summed E-state index contributed by atoms with van der Waals surface area (Å²) in [5.74, 6) is -2.28. The highest BCUT2D eigenvalue weighted by Crippen LogP contribution is 2.36. The summed E-state index contributed by atoms with van der Waals surface area (Å²) < 4.78 is 42.3. The zero-order valence-electron chi connectivity index (χ0n) is 20.6. The molecule has 2 fully saturated rings. The Kier molecular flexibility index (Phi) is 6.65. The number of benzene rings is 2. The first kappa shape index (κ1) is 25.8. The van der Waals surface area contributed by atoms with Gasteiger partial charge in [0.05, 0.1) is 4.90 Å². The third-order valence-corrected chi connectivity index (χ3v) is 8.90. The van der Waals surface area contributed by atoms with Gasteiger partial charge in [0.1, 0.15) is 11.9 Å². The second-order valence-electron chi connectivity index (χ2n) is 9.45. The van der Waals surface area contributed by atoms with Crippen LogP contribution in [0.5, 0.6) is 0 Å². The third kappa shape index (κ3) is 4.74. The topological polar surface area (TPSA) is 136 Å². The molecule has 4 amide bonds. The van der Waals surface area contributed by atoms with Crippen LogP contribution in [0, 0.1) is 5.82 Å². The summed E-state index contributed by atoms with van der Waals surface area (Å²) in [4.78, 5) is 51.5. The van der Waals surface area contributed by atoms with E-state index in [1.807, 2.05) is 4.90 Å². The molecule has 1 atom stereocenters. The van der Waals surface area contributed by atoms with Gasteiger partial charge in [-0.05, 0) is 42.8 Å². The summed E-state index contributed by atoms with van der Waals surface area (Å²) in [6.45, 7) is 2.28. The lowest BCUT2D eigenvalue weighted by Gasteiger charge is -2.36. The van der Waals surface area contributed by atoms with Crippen molar-refractivity contribution in [2.75, 3.05) is 36.4 Å². The van der Waals surface area contributed by atoms with Crippen LogP contribution in [0.3, 0.4) is 0 Å². The Morgan fingerprint density at radius 2 is 1.74 bits per heavy atom. The van der Waals surface area contributed by atoms with E-state index in [2.05, 4.69) is 10.6 Å². The Bertz CT molecular complexity index is 1440. The number of carbonyl (C=O) groups excluding carboxylic acids is 4. The molecule has 0 aromatic heterocycles. The molecule has 0 aliphatic carbocycles. The molecule has 0 saturated carbocycles. The Balaban J connectivity index is 1.32. The molecule has 3 aliphatic heterocycles. The monoisotopic (exact) mass is 543 g/mol. The first-order valence-corrected chi connectivity index (χ1v) is 13.6. The second kappa shape index (κ2) is 9.80. The van der Waals surface area contributed by atoms with Crippen LogP contribution in [0.4, 0.5) is 15.8 Å². The lowest BCUT2D eigenvalue weighted by molar-refractivity contribution is -0.137. The average molecular weight is 544 g/mol. The van der Waals surface area contributed by atoms with Crippen LogP contribution in [0.1, 0.15) is 35.7 Å². The van der Waals surface area contributed by atoms with Gasteiger partial charge in [-0.15, -0.1) is 0 Å². The van der Waals surface area contributed by atoms with Crippen molar-refractivity contribution in [3.05, 3.63) is 53.3 Å². The van der Waals surface area contributed by atoms with Crippen LogP contribution in [-0.4, -0.2) is 73.5 Å². The van der Waals surface area contributed by atoms with E-state index in [4.69, 9.17) is 0 Å². The number of imide groups is 1. The van der Waals surface area contributed by atoms with Crippen molar-refractivity contribution in [3.8, 4) is 0 Å². The van der Waals surface area contributed by atoms with E-state index in [0.29, 0.717) is 16.9 Å². The number of nitrogens with one attached hydrogen (secondary N) is 2. The van der Waals surface area contributed by atoms with Gasteiger partial charge in [0.2, 0.25) is 27.7 Å². The summed E-state index contributed by atoms with van der Waals surface area (Å²) in [5, 5.41) is 4.84. The van der Waals surface area contributed by atoms with Crippen LogP contribution < -0.4 is 15.5 Å². The van der Waals surface area contributed by atoms with E-state index in [-0.39, 0.29) is 61.9 Å². The van der Waals surface area contributed by atoms with Crippen molar-refractivity contribution < 1.29 is 32.0 Å². The normalized spacial score (nSPS) is 20.4. The molecule has 3 heterocycles.